The van der Waals surface area contributed by atoms with Gasteiger partial charge in [0, 0.05) is 0 Å². The van der Waals surface area contributed by atoms with Crippen molar-refractivity contribution >= 4 is 11.4 Å². The standard InChI is InChI=1S/C20H17N3/c21-14-15-11-12-19(18(22)13-15)23-20(16-7-3-1-4-8-16)17-9-5-2-6-10-17/h1-13,20,23H,22H2. The molecule has 0 amide bonds. The number of nitrogens with zero attached hydrogens (tertiary/aromatic N) is 1. The van der Waals surface area contributed by atoms with Gasteiger partial charge in [-0.2, -0.15) is 5.26 Å². The maximum atomic E-state index is 8.96. The molecule has 0 bridgehead atoms. The highest BCUT2D eigenvalue weighted by Gasteiger charge is 2.14. The minimum absolute atomic E-state index is 0.00682. The third kappa shape index (κ3) is 3.33. The van der Waals surface area contributed by atoms with Gasteiger partial charge in [0.05, 0.1) is 29.0 Å². The monoisotopic (exact) mass is 299 g/mol. The molecule has 0 unspecified atom stereocenters. The number of nitrogens with two attached hydrogens (primary N) is 1. The Balaban J connectivity index is 1.99. The first-order valence-corrected chi connectivity index (χ1v) is 7.44. The first-order valence-electron chi connectivity index (χ1n) is 7.44. The van der Waals surface area contributed by atoms with E-state index in [2.05, 4.69) is 35.7 Å². The van der Waals surface area contributed by atoms with Crippen LogP contribution >= 0.6 is 0 Å². The highest BCUT2D eigenvalue weighted by Crippen LogP contribution is 2.29. The largest absolute Gasteiger partial charge is 0.397 e. The normalized spacial score (nSPS) is 10.3. The number of nitrogen functional groups attached to an aromatic ring is 1. The molecule has 23 heavy (non-hydrogen) atoms. The fourth-order valence-electron chi connectivity index (χ4n) is 2.57. The van der Waals surface area contributed by atoms with Crippen LogP contribution in [0.1, 0.15) is 22.7 Å². The predicted molar refractivity (Wildman–Crippen MR) is 93.9 cm³/mol. The lowest BCUT2D eigenvalue weighted by Gasteiger charge is -2.22. The van der Waals surface area contributed by atoms with Crippen LogP contribution in [-0.2, 0) is 0 Å². The summed E-state index contributed by atoms with van der Waals surface area (Å²) in [6.07, 6.45) is 0. The van der Waals surface area contributed by atoms with Gasteiger partial charge in [0.25, 0.3) is 0 Å². The molecule has 0 aliphatic heterocycles. The second-order valence-electron chi connectivity index (χ2n) is 5.31. The van der Waals surface area contributed by atoms with Crippen molar-refractivity contribution < 1.29 is 0 Å². The topological polar surface area (TPSA) is 61.8 Å². The maximum Gasteiger partial charge on any atom is 0.0992 e. The summed E-state index contributed by atoms with van der Waals surface area (Å²) in [4.78, 5) is 0. The summed E-state index contributed by atoms with van der Waals surface area (Å²) in [5.74, 6) is 0. The molecule has 3 nitrogen and oxygen atoms in total. The average molecular weight is 299 g/mol. The molecule has 3 aromatic carbocycles. The van der Waals surface area contributed by atoms with Gasteiger partial charge >= 0.3 is 0 Å². The summed E-state index contributed by atoms with van der Waals surface area (Å²) >= 11 is 0. The van der Waals surface area contributed by atoms with Crippen LogP contribution in [0.3, 0.4) is 0 Å². The van der Waals surface area contributed by atoms with E-state index in [4.69, 9.17) is 11.0 Å². The van der Waals surface area contributed by atoms with Gasteiger partial charge in [-0.3, -0.25) is 0 Å². The Kier molecular flexibility index (Phi) is 4.26. The van der Waals surface area contributed by atoms with E-state index in [1.54, 1.807) is 12.1 Å². The molecule has 0 fully saturated rings. The molecule has 0 saturated heterocycles. The average Bonchev–Trinajstić information content (AvgIpc) is 2.62. The van der Waals surface area contributed by atoms with E-state index in [-0.39, 0.29) is 6.04 Å². The Labute approximate surface area is 136 Å². The van der Waals surface area contributed by atoms with Crippen LogP contribution in [0.15, 0.2) is 78.9 Å². The Hall–Kier alpha value is -3.25. The van der Waals surface area contributed by atoms with Crippen LogP contribution in [0.25, 0.3) is 0 Å². The van der Waals surface area contributed by atoms with E-state index < -0.39 is 0 Å². The first-order chi connectivity index (χ1) is 11.3. The number of benzene rings is 3. The third-order valence-corrected chi connectivity index (χ3v) is 3.75. The van der Waals surface area contributed by atoms with Gasteiger partial charge < -0.3 is 11.1 Å². The van der Waals surface area contributed by atoms with Crippen LogP contribution in [0, 0.1) is 11.3 Å². The Morgan fingerprint density at radius 2 is 1.39 bits per heavy atom. The molecule has 0 heterocycles. The first kappa shape index (κ1) is 14.7. The van der Waals surface area contributed by atoms with Crippen molar-refractivity contribution in [1.82, 2.24) is 0 Å². The van der Waals surface area contributed by atoms with Gasteiger partial charge in [0.1, 0.15) is 0 Å². The summed E-state index contributed by atoms with van der Waals surface area (Å²) < 4.78 is 0. The second kappa shape index (κ2) is 6.67. The number of anilines is 2. The molecule has 112 valence electrons. The molecule has 0 radical (unpaired) electrons. The zero-order valence-electron chi connectivity index (χ0n) is 12.6. The van der Waals surface area contributed by atoms with E-state index in [1.165, 1.54) is 0 Å². The second-order valence-corrected chi connectivity index (χ2v) is 5.31. The molecular weight excluding hydrogens is 282 g/mol. The van der Waals surface area contributed by atoms with Gasteiger partial charge in [-0.1, -0.05) is 60.7 Å². The van der Waals surface area contributed by atoms with Crippen molar-refractivity contribution in [2.75, 3.05) is 11.1 Å². The fourth-order valence-corrected chi connectivity index (χ4v) is 2.57. The van der Waals surface area contributed by atoms with Crippen LogP contribution in [0.2, 0.25) is 0 Å². The SMILES string of the molecule is N#Cc1ccc(NC(c2ccccc2)c2ccccc2)c(N)c1. The van der Waals surface area contributed by atoms with E-state index in [0.717, 1.165) is 16.8 Å². The molecule has 3 N–H and O–H groups in total. The number of rotatable bonds is 4. The van der Waals surface area contributed by atoms with Gasteiger partial charge in [0.2, 0.25) is 0 Å². The van der Waals surface area contributed by atoms with Crippen molar-refractivity contribution in [3.63, 3.8) is 0 Å². The zero-order valence-corrected chi connectivity index (χ0v) is 12.6. The van der Waals surface area contributed by atoms with Crippen molar-refractivity contribution in [3.05, 3.63) is 95.6 Å². The quantitative estimate of drug-likeness (QED) is 0.704. The molecule has 0 atom stereocenters. The van der Waals surface area contributed by atoms with Gasteiger partial charge in [-0.15, -0.1) is 0 Å². The van der Waals surface area contributed by atoms with Gasteiger partial charge in [-0.25, -0.2) is 0 Å². The zero-order chi connectivity index (χ0) is 16.1. The summed E-state index contributed by atoms with van der Waals surface area (Å²) in [6, 6.07) is 27.9. The Bertz CT molecular complexity index is 781. The van der Waals surface area contributed by atoms with E-state index in [9.17, 15) is 0 Å². The molecule has 0 aliphatic rings. The van der Waals surface area contributed by atoms with E-state index >= 15 is 0 Å². The molecule has 0 aromatic heterocycles. The minimum Gasteiger partial charge on any atom is -0.397 e. The summed E-state index contributed by atoms with van der Waals surface area (Å²) in [7, 11) is 0. The van der Waals surface area contributed by atoms with E-state index in [1.807, 2.05) is 42.5 Å². The number of hydrogen-bond acceptors (Lipinski definition) is 3. The lowest BCUT2D eigenvalue weighted by atomic mass is 9.98. The highest BCUT2D eigenvalue weighted by molar-refractivity contribution is 5.69. The number of nitriles is 1. The minimum atomic E-state index is -0.00682. The third-order valence-electron chi connectivity index (χ3n) is 3.75. The lowest BCUT2D eigenvalue weighted by molar-refractivity contribution is 0.940. The molecule has 0 spiro atoms. The van der Waals surface area contributed by atoms with Crippen LogP contribution in [0.5, 0.6) is 0 Å². The van der Waals surface area contributed by atoms with Crippen LogP contribution < -0.4 is 11.1 Å². The van der Waals surface area contributed by atoms with Crippen LogP contribution in [-0.4, -0.2) is 0 Å². The van der Waals surface area contributed by atoms with Crippen LogP contribution in [0.4, 0.5) is 11.4 Å². The van der Waals surface area contributed by atoms with Crippen molar-refractivity contribution in [2.45, 2.75) is 6.04 Å². The van der Waals surface area contributed by atoms with Gasteiger partial charge in [-0.05, 0) is 29.3 Å². The summed E-state index contributed by atoms with van der Waals surface area (Å²) in [5, 5.41) is 12.5. The Morgan fingerprint density at radius 3 is 1.87 bits per heavy atom. The highest BCUT2D eigenvalue weighted by atomic mass is 14.9. The number of nitrogens with one attached hydrogen (secondary N) is 1. The maximum absolute atomic E-state index is 8.96. The fraction of sp³-hybridized carbons (Fsp3) is 0.0500. The van der Waals surface area contributed by atoms with E-state index in [0.29, 0.717) is 11.3 Å². The van der Waals surface area contributed by atoms with Crippen molar-refractivity contribution in [1.29, 1.82) is 5.26 Å². The van der Waals surface area contributed by atoms with Crippen molar-refractivity contribution in [2.24, 2.45) is 0 Å². The number of hydrogen-bond donors (Lipinski definition) is 2. The molecule has 3 rings (SSSR count). The molecular formula is C20H17N3. The summed E-state index contributed by atoms with van der Waals surface area (Å²) in [6.45, 7) is 0. The Morgan fingerprint density at radius 1 is 0.826 bits per heavy atom. The van der Waals surface area contributed by atoms with Crippen molar-refractivity contribution in [3.8, 4) is 6.07 Å². The molecule has 0 aliphatic carbocycles. The molecule has 3 heteroatoms. The smallest absolute Gasteiger partial charge is 0.0992 e. The molecule has 0 saturated carbocycles. The summed E-state index contributed by atoms with van der Waals surface area (Å²) in [5.41, 5.74) is 10.3. The molecule has 3 aromatic rings. The predicted octanol–water partition coefficient (Wildman–Crippen LogP) is 4.34. The lowest BCUT2D eigenvalue weighted by Crippen LogP contribution is -2.13. The van der Waals surface area contributed by atoms with Gasteiger partial charge in [0.15, 0.2) is 0 Å².